The van der Waals surface area contributed by atoms with Crippen molar-refractivity contribution in [3.8, 4) is 0 Å². The Morgan fingerprint density at radius 2 is 2.29 bits per heavy atom. The van der Waals surface area contributed by atoms with Gasteiger partial charge in [0.1, 0.15) is 6.54 Å². The molecular weight excluding hydrogens is 318 g/mol. The Balaban J connectivity index is 1.86. The summed E-state index contributed by atoms with van der Waals surface area (Å²) in [6.45, 7) is 0.552. The molecule has 118 valence electrons. The third-order valence-electron chi connectivity index (χ3n) is 3.16. The van der Waals surface area contributed by atoms with Gasteiger partial charge in [0.05, 0.1) is 28.6 Å². The van der Waals surface area contributed by atoms with Gasteiger partial charge in [-0.3, -0.25) is 4.79 Å². The molecule has 8 nitrogen and oxygen atoms in total. The van der Waals surface area contributed by atoms with Crippen LogP contribution in [0.4, 0.5) is 0 Å². The van der Waals surface area contributed by atoms with E-state index in [4.69, 9.17) is 17.3 Å². The molecular formula is C11H18ClN5O3S. The molecule has 1 saturated heterocycles. The Morgan fingerprint density at radius 1 is 1.52 bits per heavy atom. The molecule has 2 rings (SSSR count). The number of carbonyl (C=O) groups excluding carboxylic acids is 1. The van der Waals surface area contributed by atoms with E-state index in [2.05, 4.69) is 15.6 Å². The van der Waals surface area contributed by atoms with Crippen LogP contribution in [-0.2, 0) is 27.6 Å². The van der Waals surface area contributed by atoms with Gasteiger partial charge in [0.15, 0.2) is 9.84 Å². The normalized spacial score (nSPS) is 24.1. The molecule has 1 fully saturated rings. The van der Waals surface area contributed by atoms with Crippen LogP contribution in [0.1, 0.15) is 12.1 Å². The molecule has 21 heavy (non-hydrogen) atoms. The van der Waals surface area contributed by atoms with E-state index in [9.17, 15) is 13.2 Å². The van der Waals surface area contributed by atoms with E-state index in [0.717, 1.165) is 12.1 Å². The molecule has 1 aliphatic rings. The Labute approximate surface area is 127 Å². The van der Waals surface area contributed by atoms with Crippen LogP contribution in [0.2, 0.25) is 0 Å². The number of amides is 1. The third kappa shape index (κ3) is 4.65. The van der Waals surface area contributed by atoms with E-state index < -0.39 is 21.3 Å². The first-order valence-corrected chi connectivity index (χ1v) is 8.88. The minimum absolute atomic E-state index is 0.0181. The Hall–Kier alpha value is -1.19. The molecule has 10 heteroatoms. The fraction of sp³-hybridized carbons (Fsp3) is 0.727. The SMILES string of the molecule is NCCCc1cn(CC(=O)NC2CS(=O)(=O)CC2Cl)nn1. The zero-order valence-corrected chi connectivity index (χ0v) is 13.0. The predicted octanol–water partition coefficient (Wildman–Crippen LogP) is -1.31. The van der Waals surface area contributed by atoms with Crippen LogP contribution in [0.5, 0.6) is 0 Å². The summed E-state index contributed by atoms with van der Waals surface area (Å²) in [5.41, 5.74) is 6.18. The van der Waals surface area contributed by atoms with E-state index in [-0.39, 0.29) is 24.0 Å². The molecule has 1 amide bonds. The minimum atomic E-state index is -3.16. The molecule has 1 aromatic heterocycles. The van der Waals surface area contributed by atoms with Crippen molar-refractivity contribution < 1.29 is 13.2 Å². The molecule has 0 aliphatic carbocycles. The zero-order valence-electron chi connectivity index (χ0n) is 11.4. The summed E-state index contributed by atoms with van der Waals surface area (Å²) in [4.78, 5) is 11.9. The average Bonchev–Trinajstić information content (AvgIpc) is 2.91. The van der Waals surface area contributed by atoms with Crippen LogP contribution in [-0.4, -0.2) is 58.8 Å². The van der Waals surface area contributed by atoms with Crippen molar-refractivity contribution in [3.05, 3.63) is 11.9 Å². The first-order valence-electron chi connectivity index (χ1n) is 6.62. The number of aryl methyl sites for hydroxylation is 1. The number of rotatable bonds is 6. The van der Waals surface area contributed by atoms with Gasteiger partial charge in [0, 0.05) is 6.20 Å². The molecule has 2 unspecified atom stereocenters. The Morgan fingerprint density at radius 3 is 2.90 bits per heavy atom. The number of hydrogen-bond donors (Lipinski definition) is 2. The summed E-state index contributed by atoms with van der Waals surface area (Å²) >= 11 is 5.93. The fourth-order valence-electron chi connectivity index (χ4n) is 2.15. The molecule has 2 atom stereocenters. The van der Waals surface area contributed by atoms with E-state index in [1.165, 1.54) is 4.68 Å². The maximum absolute atomic E-state index is 11.9. The molecule has 2 heterocycles. The fourth-order valence-corrected chi connectivity index (χ4v) is 4.70. The lowest BCUT2D eigenvalue weighted by Crippen LogP contribution is -2.42. The van der Waals surface area contributed by atoms with Gasteiger partial charge in [0.2, 0.25) is 5.91 Å². The Bertz CT molecular complexity index is 603. The molecule has 1 aromatic rings. The molecule has 0 aromatic carbocycles. The van der Waals surface area contributed by atoms with Crippen LogP contribution < -0.4 is 11.1 Å². The highest BCUT2D eigenvalue weighted by molar-refractivity contribution is 7.91. The third-order valence-corrected chi connectivity index (χ3v) is 5.53. The van der Waals surface area contributed by atoms with Gasteiger partial charge in [-0.2, -0.15) is 0 Å². The van der Waals surface area contributed by atoms with Gasteiger partial charge in [-0.05, 0) is 19.4 Å². The van der Waals surface area contributed by atoms with Crippen molar-refractivity contribution in [1.82, 2.24) is 20.3 Å². The molecule has 0 saturated carbocycles. The number of nitrogens with two attached hydrogens (primary N) is 1. The standard InChI is InChI=1S/C11H18ClN5O3S/c12-9-6-21(19,20)7-10(9)14-11(18)5-17-4-8(15-16-17)2-1-3-13/h4,9-10H,1-3,5-7,13H2,(H,14,18). The number of sulfone groups is 1. The number of aromatic nitrogens is 3. The van der Waals surface area contributed by atoms with Gasteiger partial charge in [-0.15, -0.1) is 16.7 Å². The summed E-state index contributed by atoms with van der Waals surface area (Å²) < 4.78 is 24.3. The summed E-state index contributed by atoms with van der Waals surface area (Å²) in [7, 11) is -3.16. The maximum Gasteiger partial charge on any atom is 0.242 e. The van der Waals surface area contributed by atoms with E-state index in [1.807, 2.05) is 0 Å². The van der Waals surface area contributed by atoms with Crippen LogP contribution in [0.15, 0.2) is 6.20 Å². The maximum atomic E-state index is 11.9. The number of carbonyl (C=O) groups is 1. The number of alkyl halides is 1. The Kier molecular flexibility index (Phi) is 5.17. The second kappa shape index (κ2) is 6.71. The van der Waals surface area contributed by atoms with Crippen LogP contribution in [0.3, 0.4) is 0 Å². The lowest BCUT2D eigenvalue weighted by Gasteiger charge is -2.13. The smallest absolute Gasteiger partial charge is 0.242 e. The highest BCUT2D eigenvalue weighted by Crippen LogP contribution is 2.17. The quantitative estimate of drug-likeness (QED) is 0.623. The summed E-state index contributed by atoms with van der Waals surface area (Å²) in [6.07, 6.45) is 3.19. The molecule has 0 radical (unpaired) electrons. The van der Waals surface area contributed by atoms with Crippen molar-refractivity contribution >= 4 is 27.3 Å². The first-order chi connectivity index (χ1) is 9.89. The van der Waals surface area contributed by atoms with Gasteiger partial charge >= 0.3 is 0 Å². The van der Waals surface area contributed by atoms with Crippen LogP contribution in [0, 0.1) is 0 Å². The van der Waals surface area contributed by atoms with Crippen LogP contribution in [0.25, 0.3) is 0 Å². The number of nitrogens with zero attached hydrogens (tertiary/aromatic N) is 3. The highest BCUT2D eigenvalue weighted by Gasteiger charge is 2.37. The van der Waals surface area contributed by atoms with E-state index in [1.54, 1.807) is 6.20 Å². The zero-order chi connectivity index (χ0) is 15.5. The summed E-state index contributed by atoms with van der Waals surface area (Å²) in [5.74, 6) is -0.559. The predicted molar refractivity (Wildman–Crippen MR) is 77.6 cm³/mol. The van der Waals surface area contributed by atoms with Gasteiger partial charge < -0.3 is 11.1 Å². The van der Waals surface area contributed by atoms with E-state index >= 15 is 0 Å². The average molecular weight is 336 g/mol. The van der Waals surface area contributed by atoms with E-state index in [0.29, 0.717) is 13.0 Å². The molecule has 3 N–H and O–H groups in total. The largest absolute Gasteiger partial charge is 0.349 e. The molecule has 0 bridgehead atoms. The lowest BCUT2D eigenvalue weighted by atomic mass is 10.2. The van der Waals surface area contributed by atoms with Gasteiger partial charge in [0.25, 0.3) is 0 Å². The minimum Gasteiger partial charge on any atom is -0.349 e. The van der Waals surface area contributed by atoms with Crippen LogP contribution >= 0.6 is 11.6 Å². The number of nitrogens with one attached hydrogen (secondary N) is 1. The second-order valence-corrected chi connectivity index (χ2v) is 7.78. The number of hydrogen-bond acceptors (Lipinski definition) is 6. The number of halogens is 1. The second-order valence-electron chi connectivity index (χ2n) is 5.07. The monoisotopic (exact) mass is 335 g/mol. The van der Waals surface area contributed by atoms with Crippen molar-refractivity contribution in [2.24, 2.45) is 5.73 Å². The van der Waals surface area contributed by atoms with Crippen molar-refractivity contribution in [1.29, 1.82) is 0 Å². The summed E-state index contributed by atoms with van der Waals surface area (Å²) in [5, 5.41) is 9.82. The summed E-state index contributed by atoms with van der Waals surface area (Å²) in [6, 6.07) is -0.551. The van der Waals surface area contributed by atoms with Gasteiger partial charge in [-0.25, -0.2) is 13.1 Å². The first kappa shape index (κ1) is 16.2. The van der Waals surface area contributed by atoms with Gasteiger partial charge in [-0.1, -0.05) is 5.21 Å². The molecule has 0 spiro atoms. The van der Waals surface area contributed by atoms with Crippen molar-refractivity contribution in [2.75, 3.05) is 18.1 Å². The molecule has 1 aliphatic heterocycles. The topological polar surface area (TPSA) is 120 Å². The van der Waals surface area contributed by atoms with Crippen molar-refractivity contribution in [3.63, 3.8) is 0 Å². The highest BCUT2D eigenvalue weighted by atomic mass is 35.5. The van der Waals surface area contributed by atoms with Crippen molar-refractivity contribution in [2.45, 2.75) is 30.8 Å². The lowest BCUT2D eigenvalue weighted by molar-refractivity contribution is -0.122.